The van der Waals surface area contributed by atoms with E-state index in [2.05, 4.69) is 45.9 Å². The summed E-state index contributed by atoms with van der Waals surface area (Å²) in [5.41, 5.74) is 1.90. The second-order valence-electron chi connectivity index (χ2n) is 10.8. The molecular weight excluding hydrogens is 476 g/mol. The van der Waals surface area contributed by atoms with Gasteiger partial charge >= 0.3 is 11.9 Å². The van der Waals surface area contributed by atoms with Gasteiger partial charge in [0, 0.05) is 5.41 Å². The number of hydrogen-bond donors (Lipinski definition) is 1. The van der Waals surface area contributed by atoms with Crippen LogP contribution in [0.15, 0.2) is 96.0 Å². The van der Waals surface area contributed by atoms with E-state index in [1.807, 2.05) is 12.1 Å². The summed E-state index contributed by atoms with van der Waals surface area (Å²) in [4.78, 5) is 26.8. The minimum atomic E-state index is -0.710. The molecule has 2 aromatic rings. The zero-order valence-electron chi connectivity index (χ0n) is 22.6. The minimum Gasteiger partial charge on any atom is -0.504 e. The molecule has 5 heteroatoms. The normalized spacial score (nSPS) is 25.5. The molecule has 0 aromatic heterocycles. The molecule has 0 spiro atoms. The minimum absolute atomic E-state index is 0.0229. The SMILES string of the molecule is C/C1=C\CC[C@H](C)/C=C/C(C)(C)[C@H](OC(=O)/C(=C2/OC(=O)C(c3ccccc3)=C2O)c2ccccc2)CC1. The zero-order valence-corrected chi connectivity index (χ0v) is 22.6. The summed E-state index contributed by atoms with van der Waals surface area (Å²) in [6, 6.07) is 17.7. The van der Waals surface area contributed by atoms with Gasteiger partial charge in [0.25, 0.3) is 0 Å². The van der Waals surface area contributed by atoms with Crippen LogP contribution in [0.5, 0.6) is 0 Å². The number of hydrogen-bond acceptors (Lipinski definition) is 5. The van der Waals surface area contributed by atoms with Crippen molar-refractivity contribution in [2.75, 3.05) is 0 Å². The van der Waals surface area contributed by atoms with E-state index in [1.165, 1.54) is 5.57 Å². The topological polar surface area (TPSA) is 72.8 Å². The first kappa shape index (κ1) is 27.2. The third kappa shape index (κ3) is 6.16. The van der Waals surface area contributed by atoms with Crippen LogP contribution >= 0.6 is 0 Å². The molecule has 2 atom stereocenters. The van der Waals surface area contributed by atoms with Crippen LogP contribution in [-0.2, 0) is 19.1 Å². The monoisotopic (exact) mass is 512 g/mol. The van der Waals surface area contributed by atoms with Crippen molar-refractivity contribution in [1.29, 1.82) is 0 Å². The number of rotatable bonds is 4. The molecule has 0 unspecified atom stereocenters. The van der Waals surface area contributed by atoms with Crippen molar-refractivity contribution in [3.05, 3.63) is 107 Å². The summed E-state index contributed by atoms with van der Waals surface area (Å²) < 4.78 is 11.8. The van der Waals surface area contributed by atoms with E-state index in [9.17, 15) is 14.7 Å². The molecule has 0 bridgehead atoms. The number of carbonyl (C=O) groups is 2. The quantitative estimate of drug-likeness (QED) is 0.260. The summed E-state index contributed by atoms with van der Waals surface area (Å²) in [5.74, 6) is -1.49. The van der Waals surface area contributed by atoms with Gasteiger partial charge in [-0.2, -0.15) is 0 Å². The van der Waals surface area contributed by atoms with Crippen LogP contribution in [0.25, 0.3) is 11.1 Å². The first-order valence-electron chi connectivity index (χ1n) is 13.2. The van der Waals surface area contributed by atoms with Crippen LogP contribution in [0, 0.1) is 11.3 Å². The van der Waals surface area contributed by atoms with Crippen LogP contribution < -0.4 is 0 Å². The van der Waals surface area contributed by atoms with Gasteiger partial charge in [0.15, 0.2) is 11.5 Å². The summed E-state index contributed by atoms with van der Waals surface area (Å²) in [6.07, 6.45) is 9.72. The first-order valence-corrected chi connectivity index (χ1v) is 13.2. The van der Waals surface area contributed by atoms with Crippen molar-refractivity contribution in [3.63, 3.8) is 0 Å². The predicted octanol–water partition coefficient (Wildman–Crippen LogP) is 7.57. The number of benzene rings is 2. The summed E-state index contributed by atoms with van der Waals surface area (Å²) in [7, 11) is 0. The number of carbonyl (C=O) groups excluding carboxylic acids is 2. The Morgan fingerprint density at radius 2 is 1.68 bits per heavy atom. The van der Waals surface area contributed by atoms with Gasteiger partial charge in [-0.15, -0.1) is 0 Å². The molecule has 2 aliphatic rings. The average Bonchev–Trinajstić information content (AvgIpc) is 3.18. The molecule has 1 heterocycles. The highest BCUT2D eigenvalue weighted by atomic mass is 16.6. The zero-order chi connectivity index (χ0) is 27.3. The lowest BCUT2D eigenvalue weighted by atomic mass is 9.82. The molecule has 38 heavy (non-hydrogen) atoms. The molecule has 0 amide bonds. The van der Waals surface area contributed by atoms with E-state index in [0.717, 1.165) is 19.3 Å². The summed E-state index contributed by atoms with van der Waals surface area (Å²) >= 11 is 0. The Hall–Kier alpha value is -3.86. The molecule has 1 aliphatic heterocycles. The molecule has 1 aliphatic carbocycles. The van der Waals surface area contributed by atoms with Crippen LogP contribution in [0.3, 0.4) is 0 Å². The molecule has 198 valence electrons. The maximum absolute atomic E-state index is 13.9. The van der Waals surface area contributed by atoms with Crippen molar-refractivity contribution >= 4 is 23.1 Å². The smallest absolute Gasteiger partial charge is 0.348 e. The molecule has 2 aromatic carbocycles. The van der Waals surface area contributed by atoms with E-state index in [4.69, 9.17) is 9.47 Å². The fourth-order valence-electron chi connectivity index (χ4n) is 4.82. The second-order valence-corrected chi connectivity index (χ2v) is 10.8. The maximum Gasteiger partial charge on any atom is 0.348 e. The van der Waals surface area contributed by atoms with Gasteiger partial charge < -0.3 is 14.6 Å². The lowest BCUT2D eigenvalue weighted by molar-refractivity contribution is -0.146. The second kappa shape index (κ2) is 11.7. The van der Waals surface area contributed by atoms with Crippen LogP contribution in [-0.4, -0.2) is 23.1 Å². The maximum atomic E-state index is 13.9. The Morgan fingerprint density at radius 3 is 2.37 bits per heavy atom. The van der Waals surface area contributed by atoms with Crippen LogP contribution in [0.2, 0.25) is 0 Å². The summed E-state index contributed by atoms with van der Waals surface area (Å²) in [6.45, 7) is 8.45. The fraction of sp³-hybridized carbons (Fsp3) is 0.333. The predicted molar refractivity (Wildman–Crippen MR) is 150 cm³/mol. The highest BCUT2D eigenvalue weighted by molar-refractivity contribution is 6.25. The number of esters is 2. The van der Waals surface area contributed by atoms with Gasteiger partial charge in [0.05, 0.1) is 0 Å². The Bertz CT molecular complexity index is 1300. The molecular formula is C33H36O5. The largest absolute Gasteiger partial charge is 0.504 e. The Morgan fingerprint density at radius 1 is 1.03 bits per heavy atom. The summed E-state index contributed by atoms with van der Waals surface area (Å²) in [5, 5.41) is 11.2. The molecule has 5 nitrogen and oxygen atoms in total. The average molecular weight is 513 g/mol. The number of allylic oxidation sites excluding steroid dienone is 3. The van der Waals surface area contributed by atoms with E-state index in [1.54, 1.807) is 48.5 Å². The van der Waals surface area contributed by atoms with Crippen LogP contribution in [0.4, 0.5) is 0 Å². The van der Waals surface area contributed by atoms with E-state index >= 15 is 0 Å². The molecule has 1 N–H and O–H groups in total. The molecule has 0 radical (unpaired) electrons. The van der Waals surface area contributed by atoms with Crippen molar-refractivity contribution in [1.82, 2.24) is 0 Å². The number of cyclic esters (lactones) is 1. The highest BCUT2D eigenvalue weighted by Crippen LogP contribution is 2.38. The number of aliphatic hydroxyl groups excluding tert-OH is 1. The molecule has 0 fully saturated rings. The van der Waals surface area contributed by atoms with Gasteiger partial charge in [0.2, 0.25) is 0 Å². The van der Waals surface area contributed by atoms with Crippen molar-refractivity contribution in [3.8, 4) is 0 Å². The Balaban J connectivity index is 1.76. The van der Waals surface area contributed by atoms with Gasteiger partial charge in [-0.05, 0) is 49.7 Å². The standard InChI is InChI=1S/C33H36O5/c1-22-12-11-13-23(2)20-21-33(3,4)26(19-18-22)37-32(36)28(25-16-9-6-10-17-25)30-29(34)27(31(35)38-30)24-14-7-5-8-15-24/h5-10,12,14-17,20-21,23,26,34H,11,13,18-19H2,1-4H3/b21-20+,22-12+,30-28+/t23-,26+/m0/s1. The van der Waals surface area contributed by atoms with Gasteiger partial charge in [-0.3, -0.25) is 0 Å². The van der Waals surface area contributed by atoms with Gasteiger partial charge in [-0.1, -0.05) is 105 Å². The lowest BCUT2D eigenvalue weighted by Crippen LogP contribution is -2.33. The van der Waals surface area contributed by atoms with Gasteiger partial charge in [-0.25, -0.2) is 9.59 Å². The number of ether oxygens (including phenoxy) is 2. The van der Waals surface area contributed by atoms with E-state index < -0.39 is 23.5 Å². The van der Waals surface area contributed by atoms with E-state index in [0.29, 0.717) is 23.5 Å². The Labute approximate surface area is 225 Å². The first-order chi connectivity index (χ1) is 18.2. The van der Waals surface area contributed by atoms with Crippen molar-refractivity contribution in [2.24, 2.45) is 11.3 Å². The van der Waals surface area contributed by atoms with E-state index in [-0.39, 0.29) is 22.7 Å². The Kier molecular flexibility index (Phi) is 8.35. The van der Waals surface area contributed by atoms with Crippen LogP contribution in [0.1, 0.15) is 64.5 Å². The van der Waals surface area contributed by atoms with Gasteiger partial charge in [0.1, 0.15) is 17.3 Å². The highest BCUT2D eigenvalue weighted by Gasteiger charge is 2.38. The third-order valence-corrected chi connectivity index (χ3v) is 7.26. The molecule has 4 rings (SSSR count). The lowest BCUT2D eigenvalue weighted by Gasteiger charge is -2.32. The number of aliphatic hydroxyl groups is 1. The third-order valence-electron chi connectivity index (χ3n) is 7.26. The molecule has 0 saturated carbocycles. The van der Waals surface area contributed by atoms with Crippen molar-refractivity contribution < 1.29 is 24.2 Å². The molecule has 0 saturated heterocycles. The van der Waals surface area contributed by atoms with Crippen molar-refractivity contribution in [2.45, 2.75) is 59.5 Å². The fourth-order valence-corrected chi connectivity index (χ4v) is 4.82.